The van der Waals surface area contributed by atoms with Gasteiger partial charge in [-0.25, -0.2) is 9.69 Å². The summed E-state index contributed by atoms with van der Waals surface area (Å²) in [5, 5.41) is 10.7. The van der Waals surface area contributed by atoms with E-state index in [4.69, 9.17) is 5.11 Å². The van der Waals surface area contributed by atoms with Crippen molar-refractivity contribution in [2.45, 2.75) is 33.1 Å². The van der Waals surface area contributed by atoms with E-state index in [1.807, 2.05) is 13.8 Å². The van der Waals surface area contributed by atoms with Crippen LogP contribution < -0.4 is 4.90 Å². The lowest BCUT2D eigenvalue weighted by molar-refractivity contribution is -0.126. The number of amides is 2. The summed E-state index contributed by atoms with van der Waals surface area (Å²) in [4.78, 5) is 36.8. The molecule has 0 spiro atoms. The number of hydrogen-bond acceptors (Lipinski definition) is 4. The molecule has 1 aromatic heterocycles. The highest BCUT2D eigenvalue weighted by Gasteiger charge is 2.50. The van der Waals surface area contributed by atoms with Gasteiger partial charge in [-0.1, -0.05) is 13.8 Å². The summed E-state index contributed by atoms with van der Waals surface area (Å²) in [5.74, 6) is -1.70. The standard InChI is InChI=1S/C13H15NO4S/c1-3-13(4-2)7-9(15)14(12(13)18)8-5-6-19-10(8)11(16)17/h5-6H,3-4,7H2,1-2H3,(H,16,17). The van der Waals surface area contributed by atoms with Crippen LogP contribution in [-0.4, -0.2) is 22.9 Å². The number of imide groups is 1. The van der Waals surface area contributed by atoms with Crippen molar-refractivity contribution >= 4 is 34.8 Å². The van der Waals surface area contributed by atoms with Crippen LogP contribution in [0.3, 0.4) is 0 Å². The van der Waals surface area contributed by atoms with E-state index in [0.29, 0.717) is 12.8 Å². The average molecular weight is 281 g/mol. The molecule has 1 aliphatic heterocycles. The van der Waals surface area contributed by atoms with Crippen LogP contribution in [0.5, 0.6) is 0 Å². The maximum atomic E-state index is 12.5. The second kappa shape index (κ2) is 4.77. The normalized spacial score (nSPS) is 18.1. The van der Waals surface area contributed by atoms with Gasteiger partial charge in [0.05, 0.1) is 11.1 Å². The zero-order valence-electron chi connectivity index (χ0n) is 10.8. The highest BCUT2D eigenvalue weighted by atomic mass is 32.1. The molecule has 0 aromatic carbocycles. The summed E-state index contributed by atoms with van der Waals surface area (Å²) in [6.45, 7) is 3.76. The van der Waals surface area contributed by atoms with Crippen molar-refractivity contribution in [3.63, 3.8) is 0 Å². The van der Waals surface area contributed by atoms with Crippen LogP contribution in [0.1, 0.15) is 42.8 Å². The van der Waals surface area contributed by atoms with E-state index in [9.17, 15) is 14.4 Å². The molecule has 0 saturated carbocycles. The van der Waals surface area contributed by atoms with E-state index in [-0.39, 0.29) is 28.8 Å². The van der Waals surface area contributed by atoms with Gasteiger partial charge in [0.15, 0.2) is 0 Å². The molecule has 2 rings (SSSR count). The maximum absolute atomic E-state index is 12.5. The lowest BCUT2D eigenvalue weighted by Gasteiger charge is -2.23. The van der Waals surface area contributed by atoms with Crippen LogP contribution in [0.15, 0.2) is 11.4 Å². The Morgan fingerprint density at radius 2 is 2.05 bits per heavy atom. The molecule has 19 heavy (non-hydrogen) atoms. The predicted molar refractivity (Wildman–Crippen MR) is 71.4 cm³/mol. The fraction of sp³-hybridized carbons (Fsp3) is 0.462. The van der Waals surface area contributed by atoms with Gasteiger partial charge in [-0.3, -0.25) is 9.59 Å². The SMILES string of the molecule is CCC1(CC)CC(=O)N(c2ccsc2C(=O)O)C1=O. The van der Waals surface area contributed by atoms with Gasteiger partial charge in [0.25, 0.3) is 0 Å². The fourth-order valence-corrected chi connectivity index (χ4v) is 3.19. The molecule has 0 atom stereocenters. The Balaban J connectivity index is 2.46. The zero-order valence-corrected chi connectivity index (χ0v) is 11.6. The van der Waals surface area contributed by atoms with E-state index < -0.39 is 11.4 Å². The van der Waals surface area contributed by atoms with Crippen LogP contribution in [0.25, 0.3) is 0 Å². The van der Waals surface area contributed by atoms with E-state index in [1.54, 1.807) is 5.38 Å². The number of carboxylic acid groups (broad SMARTS) is 1. The van der Waals surface area contributed by atoms with Crippen molar-refractivity contribution in [1.82, 2.24) is 0 Å². The Bertz CT molecular complexity index is 545. The van der Waals surface area contributed by atoms with Gasteiger partial charge in [-0.05, 0) is 24.3 Å². The first kappa shape index (κ1) is 13.7. The van der Waals surface area contributed by atoms with E-state index in [2.05, 4.69) is 0 Å². The van der Waals surface area contributed by atoms with Gasteiger partial charge in [-0.2, -0.15) is 0 Å². The Morgan fingerprint density at radius 1 is 1.42 bits per heavy atom. The highest BCUT2D eigenvalue weighted by molar-refractivity contribution is 7.12. The minimum atomic E-state index is -1.11. The molecule has 0 unspecified atom stereocenters. The third-order valence-electron chi connectivity index (χ3n) is 3.83. The third kappa shape index (κ3) is 1.96. The minimum Gasteiger partial charge on any atom is -0.477 e. The number of thiophene rings is 1. The second-order valence-corrected chi connectivity index (χ2v) is 5.55. The lowest BCUT2D eigenvalue weighted by Crippen LogP contribution is -2.35. The largest absolute Gasteiger partial charge is 0.477 e. The van der Waals surface area contributed by atoms with Crippen molar-refractivity contribution in [1.29, 1.82) is 0 Å². The van der Waals surface area contributed by atoms with Gasteiger partial charge in [0.2, 0.25) is 11.8 Å². The lowest BCUT2D eigenvalue weighted by atomic mass is 9.81. The van der Waals surface area contributed by atoms with E-state index >= 15 is 0 Å². The first-order valence-corrected chi connectivity index (χ1v) is 7.03. The van der Waals surface area contributed by atoms with Crippen molar-refractivity contribution in [2.75, 3.05) is 4.90 Å². The molecule has 1 fully saturated rings. The molecule has 2 amide bonds. The van der Waals surface area contributed by atoms with Gasteiger partial charge in [0, 0.05) is 6.42 Å². The number of aromatic carboxylic acids is 1. The highest BCUT2D eigenvalue weighted by Crippen LogP contribution is 2.42. The minimum absolute atomic E-state index is 0.0321. The number of carbonyl (C=O) groups is 3. The number of rotatable bonds is 4. The van der Waals surface area contributed by atoms with Crippen molar-refractivity contribution < 1.29 is 19.5 Å². The number of carboxylic acids is 1. The first-order chi connectivity index (χ1) is 8.96. The van der Waals surface area contributed by atoms with Crippen molar-refractivity contribution in [3.8, 4) is 0 Å². The number of anilines is 1. The van der Waals surface area contributed by atoms with Crippen LogP contribution >= 0.6 is 11.3 Å². The van der Waals surface area contributed by atoms with E-state index in [0.717, 1.165) is 16.2 Å². The van der Waals surface area contributed by atoms with Gasteiger partial charge < -0.3 is 5.11 Å². The summed E-state index contributed by atoms with van der Waals surface area (Å²) in [7, 11) is 0. The molecule has 0 aliphatic carbocycles. The molecule has 1 aromatic rings. The summed E-state index contributed by atoms with van der Waals surface area (Å²) >= 11 is 1.02. The molecule has 0 radical (unpaired) electrons. The maximum Gasteiger partial charge on any atom is 0.348 e. The Kier molecular flexibility index (Phi) is 3.45. The van der Waals surface area contributed by atoms with Gasteiger partial charge in [0.1, 0.15) is 4.88 Å². The Labute approximate surface area is 114 Å². The summed E-state index contributed by atoms with van der Waals surface area (Å²) in [6.07, 6.45) is 1.32. The molecule has 1 aliphatic rings. The van der Waals surface area contributed by atoms with Crippen LogP contribution in [-0.2, 0) is 9.59 Å². The number of nitrogens with zero attached hydrogens (tertiary/aromatic N) is 1. The summed E-state index contributed by atoms with van der Waals surface area (Å²) < 4.78 is 0. The Hall–Kier alpha value is -1.69. The second-order valence-electron chi connectivity index (χ2n) is 4.64. The summed E-state index contributed by atoms with van der Waals surface area (Å²) in [6, 6.07) is 1.52. The monoisotopic (exact) mass is 281 g/mol. The molecule has 2 heterocycles. The topological polar surface area (TPSA) is 74.7 Å². The van der Waals surface area contributed by atoms with Crippen LogP contribution in [0.2, 0.25) is 0 Å². The number of carbonyl (C=O) groups excluding carboxylic acids is 2. The van der Waals surface area contributed by atoms with Crippen molar-refractivity contribution in [2.24, 2.45) is 5.41 Å². The van der Waals surface area contributed by atoms with Crippen LogP contribution in [0, 0.1) is 5.41 Å². The molecule has 6 heteroatoms. The Morgan fingerprint density at radius 3 is 2.53 bits per heavy atom. The smallest absolute Gasteiger partial charge is 0.348 e. The fourth-order valence-electron chi connectivity index (χ4n) is 2.48. The molecular weight excluding hydrogens is 266 g/mol. The average Bonchev–Trinajstić information content (AvgIpc) is 2.93. The zero-order chi connectivity index (χ0) is 14.2. The third-order valence-corrected chi connectivity index (χ3v) is 4.72. The molecular formula is C13H15NO4S. The van der Waals surface area contributed by atoms with Gasteiger partial charge >= 0.3 is 5.97 Å². The molecule has 102 valence electrons. The quantitative estimate of drug-likeness (QED) is 0.860. The predicted octanol–water partition coefficient (Wildman–Crippen LogP) is 2.52. The van der Waals surface area contributed by atoms with Crippen LogP contribution in [0.4, 0.5) is 5.69 Å². The number of hydrogen-bond donors (Lipinski definition) is 1. The summed E-state index contributed by atoms with van der Waals surface area (Å²) in [5.41, 5.74) is -0.467. The molecule has 0 bridgehead atoms. The van der Waals surface area contributed by atoms with E-state index in [1.165, 1.54) is 6.07 Å². The molecule has 1 saturated heterocycles. The molecule has 1 N–H and O–H groups in total. The first-order valence-electron chi connectivity index (χ1n) is 6.15. The van der Waals surface area contributed by atoms with Gasteiger partial charge in [-0.15, -0.1) is 11.3 Å². The molecule has 5 nitrogen and oxygen atoms in total. The van der Waals surface area contributed by atoms with Crippen molar-refractivity contribution in [3.05, 3.63) is 16.3 Å².